The summed E-state index contributed by atoms with van der Waals surface area (Å²) in [5.41, 5.74) is 3.11. The van der Waals surface area contributed by atoms with Crippen molar-refractivity contribution in [3.05, 3.63) is 66.6 Å². The molecule has 3 N–H and O–H groups in total. The van der Waals surface area contributed by atoms with Gasteiger partial charge >= 0.3 is 0 Å². The number of H-pyrrole nitrogens is 2. The second kappa shape index (κ2) is 5.42. The molecule has 0 unspecified atom stereocenters. The zero-order chi connectivity index (χ0) is 15.6. The van der Waals surface area contributed by atoms with Gasteiger partial charge in [-0.25, -0.2) is 4.98 Å². The average Bonchev–Trinajstić information content (AvgIpc) is 3.26. The monoisotopic (exact) mass is 303 g/mol. The second-order valence-corrected chi connectivity index (χ2v) is 5.15. The number of hydrogen-bond acceptors (Lipinski definition) is 3. The molecule has 6 heteroatoms. The fourth-order valence-corrected chi connectivity index (χ4v) is 2.48. The summed E-state index contributed by atoms with van der Waals surface area (Å²) in [6.07, 6.45) is 3.30. The maximum absolute atomic E-state index is 12.4. The van der Waals surface area contributed by atoms with Crippen molar-refractivity contribution >= 4 is 22.5 Å². The van der Waals surface area contributed by atoms with Crippen LogP contribution in [0.3, 0.4) is 0 Å². The smallest absolute Gasteiger partial charge is 0.255 e. The van der Waals surface area contributed by atoms with Crippen LogP contribution < -0.4 is 5.32 Å². The maximum Gasteiger partial charge on any atom is 0.255 e. The van der Waals surface area contributed by atoms with Gasteiger partial charge in [-0.15, -0.1) is 0 Å². The van der Waals surface area contributed by atoms with Gasteiger partial charge in [0.1, 0.15) is 6.33 Å². The van der Waals surface area contributed by atoms with Crippen LogP contribution in [-0.2, 0) is 0 Å². The predicted octanol–water partition coefficient (Wildman–Crippen LogP) is 3.21. The van der Waals surface area contributed by atoms with Crippen molar-refractivity contribution < 1.29 is 4.79 Å². The summed E-state index contributed by atoms with van der Waals surface area (Å²) in [6.45, 7) is 0. The van der Waals surface area contributed by atoms with E-state index in [4.69, 9.17) is 0 Å². The van der Waals surface area contributed by atoms with Gasteiger partial charge in [0.2, 0.25) is 0 Å². The van der Waals surface area contributed by atoms with Crippen molar-refractivity contribution in [1.82, 2.24) is 20.2 Å². The number of aromatic nitrogens is 4. The van der Waals surface area contributed by atoms with E-state index in [1.807, 2.05) is 54.7 Å². The van der Waals surface area contributed by atoms with Crippen LogP contribution in [0.15, 0.2) is 61.1 Å². The van der Waals surface area contributed by atoms with E-state index in [0.29, 0.717) is 17.1 Å². The van der Waals surface area contributed by atoms with Crippen molar-refractivity contribution in [3.8, 4) is 11.4 Å². The van der Waals surface area contributed by atoms with Crippen molar-refractivity contribution in [2.75, 3.05) is 5.32 Å². The molecule has 23 heavy (non-hydrogen) atoms. The molecule has 4 aromatic rings. The van der Waals surface area contributed by atoms with Gasteiger partial charge in [0, 0.05) is 28.5 Å². The van der Waals surface area contributed by atoms with E-state index in [2.05, 4.69) is 25.5 Å². The van der Waals surface area contributed by atoms with E-state index in [-0.39, 0.29) is 5.91 Å². The molecule has 0 bridgehead atoms. The molecule has 0 spiro atoms. The Bertz CT molecular complexity index is 972. The lowest BCUT2D eigenvalue weighted by molar-refractivity contribution is 0.102. The summed E-state index contributed by atoms with van der Waals surface area (Å²) in [4.78, 5) is 19.6. The standard InChI is InChI=1S/C17H13N5O/c23-17(13-5-4-11-6-7-18-15(11)9-13)21-14-3-1-2-12(8-14)16-19-10-20-22-16/h1-10,18H,(H,21,23)(H,19,20,22). The lowest BCUT2D eigenvalue weighted by Crippen LogP contribution is -2.11. The van der Waals surface area contributed by atoms with Crippen molar-refractivity contribution in [2.45, 2.75) is 0 Å². The summed E-state index contributed by atoms with van der Waals surface area (Å²) in [7, 11) is 0. The number of anilines is 1. The van der Waals surface area contributed by atoms with Crippen molar-refractivity contribution in [1.29, 1.82) is 0 Å². The van der Waals surface area contributed by atoms with E-state index < -0.39 is 0 Å². The molecule has 0 atom stereocenters. The van der Waals surface area contributed by atoms with E-state index in [9.17, 15) is 4.79 Å². The molecule has 2 aromatic heterocycles. The molecule has 0 radical (unpaired) electrons. The molecule has 2 aromatic carbocycles. The Morgan fingerprint density at radius 3 is 2.91 bits per heavy atom. The number of carbonyl (C=O) groups excluding carboxylic acids is 1. The van der Waals surface area contributed by atoms with E-state index >= 15 is 0 Å². The Labute approximate surface area is 131 Å². The molecule has 4 rings (SSSR count). The van der Waals surface area contributed by atoms with Gasteiger partial charge in [-0.3, -0.25) is 9.89 Å². The normalized spacial score (nSPS) is 10.8. The minimum atomic E-state index is -0.156. The number of benzene rings is 2. The highest BCUT2D eigenvalue weighted by Crippen LogP contribution is 2.20. The zero-order valence-electron chi connectivity index (χ0n) is 12.1. The number of carbonyl (C=O) groups is 1. The third-order valence-electron chi connectivity index (χ3n) is 3.63. The highest BCUT2D eigenvalue weighted by molar-refractivity contribution is 6.06. The van der Waals surface area contributed by atoms with Gasteiger partial charge < -0.3 is 10.3 Å². The number of hydrogen-bond donors (Lipinski definition) is 3. The molecule has 0 fully saturated rings. The summed E-state index contributed by atoms with van der Waals surface area (Å²) >= 11 is 0. The van der Waals surface area contributed by atoms with Gasteiger partial charge in [0.25, 0.3) is 5.91 Å². The van der Waals surface area contributed by atoms with Crippen LogP contribution >= 0.6 is 0 Å². The number of amides is 1. The number of nitrogens with zero attached hydrogens (tertiary/aromatic N) is 2. The van der Waals surface area contributed by atoms with Crippen LogP contribution in [-0.4, -0.2) is 26.1 Å². The fraction of sp³-hybridized carbons (Fsp3) is 0. The van der Waals surface area contributed by atoms with Crippen LogP contribution in [0.4, 0.5) is 5.69 Å². The molecular formula is C17H13N5O. The van der Waals surface area contributed by atoms with Gasteiger partial charge in [-0.05, 0) is 35.7 Å². The van der Waals surface area contributed by atoms with Gasteiger partial charge in [-0.2, -0.15) is 5.10 Å². The fourth-order valence-electron chi connectivity index (χ4n) is 2.48. The molecule has 0 aliphatic rings. The number of fused-ring (bicyclic) bond motifs is 1. The molecule has 0 aliphatic heterocycles. The molecule has 1 amide bonds. The highest BCUT2D eigenvalue weighted by Gasteiger charge is 2.09. The molecule has 112 valence electrons. The SMILES string of the molecule is O=C(Nc1cccc(-c2ncn[nH]2)c1)c1ccc2cc[nH]c2c1. The van der Waals surface area contributed by atoms with E-state index in [1.54, 1.807) is 0 Å². The quantitative estimate of drug-likeness (QED) is 0.543. The zero-order valence-corrected chi connectivity index (χ0v) is 12.1. The molecule has 0 saturated heterocycles. The first-order chi connectivity index (χ1) is 11.3. The van der Waals surface area contributed by atoms with Crippen LogP contribution in [0.1, 0.15) is 10.4 Å². The Kier molecular flexibility index (Phi) is 3.12. The highest BCUT2D eigenvalue weighted by atomic mass is 16.1. The summed E-state index contributed by atoms with van der Waals surface area (Å²) in [6, 6.07) is 15.0. The molecule has 2 heterocycles. The first-order valence-electron chi connectivity index (χ1n) is 7.14. The lowest BCUT2D eigenvalue weighted by atomic mass is 10.1. The van der Waals surface area contributed by atoms with Crippen LogP contribution in [0.5, 0.6) is 0 Å². The number of nitrogens with one attached hydrogen (secondary N) is 3. The van der Waals surface area contributed by atoms with Gasteiger partial charge in [0.15, 0.2) is 5.82 Å². The summed E-state index contributed by atoms with van der Waals surface area (Å²) < 4.78 is 0. The first-order valence-corrected chi connectivity index (χ1v) is 7.14. The third-order valence-corrected chi connectivity index (χ3v) is 3.63. The second-order valence-electron chi connectivity index (χ2n) is 5.15. The summed E-state index contributed by atoms with van der Waals surface area (Å²) in [5.74, 6) is 0.505. The van der Waals surface area contributed by atoms with Crippen molar-refractivity contribution in [3.63, 3.8) is 0 Å². The number of aromatic amines is 2. The average molecular weight is 303 g/mol. The van der Waals surface area contributed by atoms with E-state index in [1.165, 1.54) is 6.33 Å². The van der Waals surface area contributed by atoms with Gasteiger partial charge in [-0.1, -0.05) is 18.2 Å². The Balaban J connectivity index is 1.59. The van der Waals surface area contributed by atoms with Crippen LogP contribution in [0.2, 0.25) is 0 Å². The minimum Gasteiger partial charge on any atom is -0.361 e. The third kappa shape index (κ3) is 2.57. The Hall–Kier alpha value is -3.41. The lowest BCUT2D eigenvalue weighted by Gasteiger charge is -2.07. The predicted molar refractivity (Wildman–Crippen MR) is 88.1 cm³/mol. The van der Waals surface area contributed by atoms with Crippen LogP contribution in [0.25, 0.3) is 22.3 Å². The summed E-state index contributed by atoms with van der Waals surface area (Å²) in [5, 5.41) is 10.6. The van der Waals surface area contributed by atoms with E-state index in [0.717, 1.165) is 16.5 Å². The van der Waals surface area contributed by atoms with Gasteiger partial charge in [0.05, 0.1) is 0 Å². The molecule has 6 nitrogen and oxygen atoms in total. The van der Waals surface area contributed by atoms with Crippen molar-refractivity contribution in [2.24, 2.45) is 0 Å². The largest absolute Gasteiger partial charge is 0.361 e. The minimum absolute atomic E-state index is 0.156. The Morgan fingerprint density at radius 2 is 2.04 bits per heavy atom. The number of rotatable bonds is 3. The van der Waals surface area contributed by atoms with Crippen LogP contribution in [0, 0.1) is 0 Å². The topological polar surface area (TPSA) is 86.5 Å². The molecular weight excluding hydrogens is 290 g/mol. The Morgan fingerprint density at radius 1 is 1.09 bits per heavy atom. The molecule has 0 saturated carbocycles. The molecule has 0 aliphatic carbocycles. The maximum atomic E-state index is 12.4. The first kappa shape index (κ1) is 13.3.